The Morgan fingerprint density at radius 1 is 1.04 bits per heavy atom. The van der Waals surface area contributed by atoms with Crippen LogP contribution in [0.25, 0.3) is 0 Å². The second kappa shape index (κ2) is 7.32. The van der Waals surface area contributed by atoms with Crippen molar-refractivity contribution < 1.29 is 9.90 Å². The number of carbonyl (C=O) groups excluding carboxylic acids is 1. The molecule has 3 atom stereocenters. The Morgan fingerprint density at radius 2 is 1.84 bits per heavy atom. The van der Waals surface area contributed by atoms with E-state index in [1.165, 1.54) is 19.3 Å². The van der Waals surface area contributed by atoms with Crippen molar-refractivity contribution in [3.8, 4) is 0 Å². The smallest absolute Gasteiger partial charge is 0.272 e. The molecular formula is C20H29N3O2. The predicted molar refractivity (Wildman–Crippen MR) is 97.7 cm³/mol. The lowest BCUT2D eigenvalue weighted by Gasteiger charge is -2.37. The third-order valence-electron chi connectivity index (χ3n) is 6.27. The minimum Gasteiger partial charge on any atom is -0.393 e. The van der Waals surface area contributed by atoms with E-state index >= 15 is 0 Å². The van der Waals surface area contributed by atoms with Crippen molar-refractivity contribution in [2.45, 2.75) is 63.5 Å². The third kappa shape index (κ3) is 3.39. The number of hydrogen-bond acceptors (Lipinski definition) is 4. The van der Waals surface area contributed by atoms with Gasteiger partial charge in [0.05, 0.1) is 6.10 Å². The standard InChI is InChI=1S/C20H29N3O2/c24-19-8-2-1-6-16(19)18-7-5-13-23(18)20(25)17-14-15(9-10-21-17)22-11-3-4-12-22/h9-10,14,16,18-19,24H,1-8,11-13H2. The average molecular weight is 343 g/mol. The Labute approximate surface area is 150 Å². The molecule has 4 rings (SSSR count). The van der Waals surface area contributed by atoms with Crippen molar-refractivity contribution in [3.05, 3.63) is 24.0 Å². The van der Waals surface area contributed by atoms with Crippen molar-refractivity contribution in [2.75, 3.05) is 24.5 Å². The molecule has 3 aliphatic rings. The Kier molecular flexibility index (Phi) is 4.93. The molecule has 0 spiro atoms. The number of hydrogen-bond donors (Lipinski definition) is 1. The Morgan fingerprint density at radius 3 is 2.64 bits per heavy atom. The van der Waals surface area contributed by atoms with Gasteiger partial charge in [0.15, 0.2) is 0 Å². The summed E-state index contributed by atoms with van der Waals surface area (Å²) in [5.74, 6) is 0.281. The lowest BCUT2D eigenvalue weighted by molar-refractivity contribution is 0.0209. The molecule has 0 aromatic carbocycles. The Balaban J connectivity index is 1.52. The number of carbonyl (C=O) groups is 1. The van der Waals surface area contributed by atoms with Crippen LogP contribution in [0.2, 0.25) is 0 Å². The first-order chi connectivity index (χ1) is 12.2. The van der Waals surface area contributed by atoms with Gasteiger partial charge in [0, 0.05) is 43.5 Å². The zero-order valence-corrected chi connectivity index (χ0v) is 14.9. The van der Waals surface area contributed by atoms with Crippen LogP contribution in [0.15, 0.2) is 18.3 Å². The average Bonchev–Trinajstić information content (AvgIpc) is 3.33. The molecule has 5 heteroatoms. The highest BCUT2D eigenvalue weighted by atomic mass is 16.3. The zero-order valence-electron chi connectivity index (χ0n) is 14.9. The second-order valence-electron chi connectivity index (χ2n) is 7.82. The maximum absolute atomic E-state index is 13.1. The summed E-state index contributed by atoms with van der Waals surface area (Å²) < 4.78 is 0. The van der Waals surface area contributed by atoms with E-state index in [4.69, 9.17) is 0 Å². The van der Waals surface area contributed by atoms with Crippen LogP contribution in [0.1, 0.15) is 61.9 Å². The van der Waals surface area contributed by atoms with E-state index in [0.717, 1.165) is 57.4 Å². The lowest BCUT2D eigenvalue weighted by Crippen LogP contribution is -2.45. The third-order valence-corrected chi connectivity index (χ3v) is 6.27. The molecule has 0 bridgehead atoms. The zero-order chi connectivity index (χ0) is 17.2. The van der Waals surface area contributed by atoms with Crippen molar-refractivity contribution >= 4 is 11.6 Å². The van der Waals surface area contributed by atoms with Gasteiger partial charge in [0.2, 0.25) is 0 Å². The second-order valence-corrected chi connectivity index (χ2v) is 7.82. The van der Waals surface area contributed by atoms with Crippen molar-refractivity contribution in [2.24, 2.45) is 5.92 Å². The number of pyridine rings is 1. The number of aliphatic hydroxyl groups excluding tert-OH is 1. The normalized spacial score (nSPS) is 30.0. The molecule has 1 aromatic heterocycles. The van der Waals surface area contributed by atoms with E-state index in [1.54, 1.807) is 6.20 Å². The van der Waals surface area contributed by atoms with Gasteiger partial charge >= 0.3 is 0 Å². The van der Waals surface area contributed by atoms with Crippen LogP contribution in [0.5, 0.6) is 0 Å². The maximum Gasteiger partial charge on any atom is 0.272 e. The molecule has 3 heterocycles. The van der Waals surface area contributed by atoms with Crippen LogP contribution in [0.4, 0.5) is 5.69 Å². The molecule has 1 saturated carbocycles. The SMILES string of the molecule is O=C(c1cc(N2CCCC2)ccn1)N1CCCC1C1CCCCC1O. The van der Waals surface area contributed by atoms with E-state index in [9.17, 15) is 9.90 Å². The van der Waals surface area contributed by atoms with Crippen molar-refractivity contribution in [1.29, 1.82) is 0 Å². The largest absolute Gasteiger partial charge is 0.393 e. The van der Waals surface area contributed by atoms with Crippen LogP contribution in [-0.2, 0) is 0 Å². The van der Waals surface area contributed by atoms with Gasteiger partial charge in [-0.25, -0.2) is 0 Å². The molecule has 1 aliphatic carbocycles. The molecule has 3 unspecified atom stereocenters. The lowest BCUT2D eigenvalue weighted by atomic mass is 9.80. The van der Waals surface area contributed by atoms with Gasteiger partial charge in [-0.15, -0.1) is 0 Å². The van der Waals surface area contributed by atoms with Gasteiger partial charge in [0.25, 0.3) is 5.91 Å². The van der Waals surface area contributed by atoms with Crippen LogP contribution in [0.3, 0.4) is 0 Å². The van der Waals surface area contributed by atoms with Gasteiger partial charge in [-0.3, -0.25) is 9.78 Å². The Bertz CT molecular complexity index is 615. The highest BCUT2D eigenvalue weighted by molar-refractivity contribution is 5.93. The first kappa shape index (κ1) is 16.8. The number of anilines is 1. The van der Waals surface area contributed by atoms with E-state index in [-0.39, 0.29) is 24.0 Å². The molecule has 2 aliphatic heterocycles. The summed E-state index contributed by atoms with van der Waals surface area (Å²) in [7, 11) is 0. The van der Waals surface area contributed by atoms with Crippen molar-refractivity contribution in [1.82, 2.24) is 9.88 Å². The highest BCUT2D eigenvalue weighted by Crippen LogP contribution is 2.35. The molecule has 5 nitrogen and oxygen atoms in total. The first-order valence-electron chi connectivity index (χ1n) is 9.94. The van der Waals surface area contributed by atoms with E-state index in [0.29, 0.717) is 5.69 Å². The maximum atomic E-state index is 13.1. The van der Waals surface area contributed by atoms with Gasteiger partial charge < -0.3 is 14.9 Å². The predicted octanol–water partition coefficient (Wildman–Crippen LogP) is 2.84. The van der Waals surface area contributed by atoms with Crippen molar-refractivity contribution in [3.63, 3.8) is 0 Å². The number of aromatic nitrogens is 1. The van der Waals surface area contributed by atoms with Gasteiger partial charge in [0.1, 0.15) is 5.69 Å². The van der Waals surface area contributed by atoms with E-state index in [2.05, 4.69) is 9.88 Å². The summed E-state index contributed by atoms with van der Waals surface area (Å²) in [5, 5.41) is 10.4. The first-order valence-corrected chi connectivity index (χ1v) is 9.94. The van der Waals surface area contributed by atoms with Gasteiger partial charge in [-0.05, 0) is 50.7 Å². The molecular weight excluding hydrogens is 314 g/mol. The molecule has 25 heavy (non-hydrogen) atoms. The molecule has 1 amide bonds. The summed E-state index contributed by atoms with van der Waals surface area (Å²) in [4.78, 5) is 21.8. The summed E-state index contributed by atoms with van der Waals surface area (Å²) in [6.07, 6.45) is 10.2. The highest BCUT2D eigenvalue weighted by Gasteiger charge is 2.39. The fourth-order valence-corrected chi connectivity index (χ4v) is 4.93. The molecule has 2 saturated heterocycles. The summed E-state index contributed by atoms with van der Waals surface area (Å²) in [6.45, 7) is 2.93. The van der Waals surface area contributed by atoms with Crippen LogP contribution < -0.4 is 4.90 Å². The van der Waals surface area contributed by atoms with Crippen LogP contribution in [-0.4, -0.2) is 52.7 Å². The fraction of sp³-hybridized carbons (Fsp3) is 0.700. The number of likely N-dealkylation sites (tertiary alicyclic amines) is 1. The number of rotatable bonds is 3. The summed E-state index contributed by atoms with van der Waals surface area (Å²) in [5.41, 5.74) is 1.67. The monoisotopic (exact) mass is 343 g/mol. The molecule has 1 aromatic rings. The molecule has 0 radical (unpaired) electrons. The quantitative estimate of drug-likeness (QED) is 0.917. The summed E-state index contributed by atoms with van der Waals surface area (Å²) in [6, 6.07) is 4.15. The summed E-state index contributed by atoms with van der Waals surface area (Å²) >= 11 is 0. The molecule has 3 fully saturated rings. The topological polar surface area (TPSA) is 56.7 Å². The molecule has 136 valence electrons. The number of aliphatic hydroxyl groups is 1. The number of nitrogens with zero attached hydrogens (tertiary/aromatic N) is 3. The van der Waals surface area contributed by atoms with Gasteiger partial charge in [-0.2, -0.15) is 0 Å². The van der Waals surface area contributed by atoms with Crippen LogP contribution in [0, 0.1) is 5.92 Å². The van der Waals surface area contributed by atoms with Gasteiger partial charge in [-0.1, -0.05) is 12.8 Å². The van der Waals surface area contributed by atoms with Crippen LogP contribution >= 0.6 is 0 Å². The Hall–Kier alpha value is -1.62. The minimum absolute atomic E-state index is 0.0429. The number of amides is 1. The van der Waals surface area contributed by atoms with E-state index < -0.39 is 0 Å². The molecule has 1 N–H and O–H groups in total. The van der Waals surface area contributed by atoms with E-state index in [1.807, 2.05) is 17.0 Å². The fourth-order valence-electron chi connectivity index (χ4n) is 4.93. The minimum atomic E-state index is -0.254.